The molecule has 0 aromatic carbocycles. The zero-order valence-corrected chi connectivity index (χ0v) is 11.9. The van der Waals surface area contributed by atoms with E-state index >= 15 is 0 Å². The fourth-order valence-electron chi connectivity index (χ4n) is 1.34. The summed E-state index contributed by atoms with van der Waals surface area (Å²) in [5.41, 5.74) is 0. The van der Waals surface area contributed by atoms with Gasteiger partial charge in [-0.25, -0.2) is 0 Å². The van der Waals surface area contributed by atoms with E-state index in [1.807, 2.05) is 0 Å². The third kappa shape index (κ3) is 3.63. The van der Waals surface area contributed by atoms with Crippen LogP contribution >= 0.6 is 0 Å². The Morgan fingerprint density at radius 3 is 1.50 bits per heavy atom. The van der Waals surface area contributed by atoms with Gasteiger partial charge in [-0.3, -0.25) is 0 Å². The summed E-state index contributed by atoms with van der Waals surface area (Å²) >= 11 is -1.28. The van der Waals surface area contributed by atoms with Gasteiger partial charge in [0.2, 0.25) is 0 Å². The van der Waals surface area contributed by atoms with Crippen LogP contribution in [0, 0.1) is 0 Å². The van der Waals surface area contributed by atoms with E-state index in [1.54, 1.807) is 0 Å². The predicted octanol–water partition coefficient (Wildman–Crippen LogP) is 1.79. The van der Waals surface area contributed by atoms with E-state index in [9.17, 15) is 0 Å². The van der Waals surface area contributed by atoms with Gasteiger partial charge in [-0.1, -0.05) is 0 Å². The Hall–Kier alpha value is 0.738. The van der Waals surface area contributed by atoms with Crippen molar-refractivity contribution in [3.63, 3.8) is 0 Å². The maximum atomic E-state index is 2.58. The van der Waals surface area contributed by atoms with E-state index in [2.05, 4.69) is 47.9 Å². The van der Waals surface area contributed by atoms with Crippen LogP contribution in [0.15, 0.2) is 0 Å². The SMILES string of the molecule is CC[N](C)[Sb]([CH](C)C)[N](C)CC. The molecule has 0 atom stereocenters. The van der Waals surface area contributed by atoms with Crippen molar-refractivity contribution in [1.82, 2.24) is 6.12 Å². The normalized spacial score (nSPS) is 12.5. The first-order chi connectivity index (χ1) is 5.54. The molecule has 0 aliphatic heterocycles. The van der Waals surface area contributed by atoms with Gasteiger partial charge in [0.25, 0.3) is 0 Å². The van der Waals surface area contributed by atoms with Crippen molar-refractivity contribution in [1.29, 1.82) is 0 Å². The van der Waals surface area contributed by atoms with Gasteiger partial charge in [-0.15, -0.1) is 0 Å². The van der Waals surface area contributed by atoms with Gasteiger partial charge in [-0.05, 0) is 0 Å². The van der Waals surface area contributed by atoms with E-state index in [0.29, 0.717) is 0 Å². The Bertz CT molecular complexity index is 107. The molecule has 0 spiro atoms. The van der Waals surface area contributed by atoms with Crippen molar-refractivity contribution >= 4 is 20.8 Å². The summed E-state index contributed by atoms with van der Waals surface area (Å²) in [6.45, 7) is 11.6. The van der Waals surface area contributed by atoms with E-state index < -0.39 is 20.8 Å². The number of rotatable bonds is 5. The van der Waals surface area contributed by atoms with Crippen LogP contribution < -0.4 is 0 Å². The standard InChI is InChI=1S/2C3H8N.C3H7.Sb/c2*1-3-4-2;1-3-2;/h2*3H2,1-2H3;3H,1-2H3;/q2*-1;;+2. The number of hydrogen-bond acceptors (Lipinski definition) is 2. The van der Waals surface area contributed by atoms with Gasteiger partial charge < -0.3 is 0 Å². The van der Waals surface area contributed by atoms with Crippen LogP contribution in [0.3, 0.4) is 0 Å². The van der Waals surface area contributed by atoms with E-state index in [-0.39, 0.29) is 0 Å². The minimum atomic E-state index is -1.28. The Morgan fingerprint density at radius 2 is 1.33 bits per heavy atom. The molecule has 0 bridgehead atoms. The molecule has 0 aliphatic carbocycles. The van der Waals surface area contributed by atoms with Crippen molar-refractivity contribution in [3.05, 3.63) is 0 Å². The van der Waals surface area contributed by atoms with Crippen molar-refractivity contribution in [2.75, 3.05) is 27.2 Å². The van der Waals surface area contributed by atoms with Gasteiger partial charge in [-0.2, -0.15) is 0 Å². The zero-order valence-electron chi connectivity index (χ0n) is 9.33. The van der Waals surface area contributed by atoms with Crippen molar-refractivity contribution < 1.29 is 0 Å². The van der Waals surface area contributed by atoms with Crippen LogP contribution in [-0.4, -0.2) is 54.1 Å². The summed E-state index contributed by atoms with van der Waals surface area (Å²) in [7, 11) is 4.55. The second-order valence-electron chi connectivity index (χ2n) is 3.36. The van der Waals surface area contributed by atoms with Gasteiger partial charge in [0.1, 0.15) is 0 Å². The molecular weight excluding hydrogens is 258 g/mol. The zero-order chi connectivity index (χ0) is 9.72. The van der Waals surface area contributed by atoms with Gasteiger partial charge in [0.15, 0.2) is 0 Å². The first kappa shape index (κ1) is 12.7. The Kier molecular flexibility index (Phi) is 6.61. The van der Waals surface area contributed by atoms with Crippen LogP contribution in [0.25, 0.3) is 0 Å². The molecule has 0 saturated heterocycles. The summed E-state index contributed by atoms with van der Waals surface area (Å²) in [5, 5.41) is 0. The fraction of sp³-hybridized carbons (Fsp3) is 1.00. The first-order valence-electron chi connectivity index (χ1n) is 4.75. The summed E-state index contributed by atoms with van der Waals surface area (Å²) in [4.78, 5) is 0. The quantitative estimate of drug-likeness (QED) is 0.709. The van der Waals surface area contributed by atoms with Crippen LogP contribution in [0.5, 0.6) is 0 Å². The number of nitrogens with zero attached hydrogens (tertiary/aromatic N) is 2. The van der Waals surface area contributed by atoms with E-state index in [4.69, 9.17) is 0 Å². The molecule has 0 N–H and O–H groups in total. The Morgan fingerprint density at radius 1 is 1.00 bits per heavy atom. The third-order valence-electron chi connectivity index (χ3n) is 2.08. The average Bonchev–Trinajstić information content (AvgIpc) is 2.03. The molecule has 0 rings (SSSR count). The molecule has 0 radical (unpaired) electrons. The summed E-state index contributed by atoms with van der Waals surface area (Å²) in [5.74, 6) is 0. The second-order valence-corrected chi connectivity index (χ2v) is 12.0. The van der Waals surface area contributed by atoms with Crippen LogP contribution in [0.2, 0.25) is 3.86 Å². The van der Waals surface area contributed by atoms with Gasteiger partial charge >= 0.3 is 85.6 Å². The summed E-state index contributed by atoms with van der Waals surface area (Å²) < 4.78 is 6.04. The average molecular weight is 281 g/mol. The number of hydrogen-bond donors (Lipinski definition) is 0. The molecule has 0 saturated carbocycles. The van der Waals surface area contributed by atoms with Crippen molar-refractivity contribution in [2.45, 2.75) is 31.6 Å². The van der Waals surface area contributed by atoms with Crippen LogP contribution in [0.1, 0.15) is 27.7 Å². The molecule has 0 aliphatic rings. The molecule has 0 fully saturated rings. The van der Waals surface area contributed by atoms with E-state index in [0.717, 1.165) is 3.86 Å². The molecule has 0 unspecified atom stereocenters. The Labute approximate surface area is 85.6 Å². The molecule has 0 amide bonds. The molecule has 3 heteroatoms. The molecule has 74 valence electrons. The van der Waals surface area contributed by atoms with Crippen molar-refractivity contribution in [3.8, 4) is 0 Å². The first-order valence-corrected chi connectivity index (χ1v) is 8.51. The second kappa shape index (κ2) is 6.23. The molecule has 2 nitrogen and oxygen atoms in total. The van der Waals surface area contributed by atoms with E-state index in [1.165, 1.54) is 13.1 Å². The third-order valence-corrected chi connectivity index (χ3v) is 10.3. The molecular formula is C9H23N2Sb. The maximum absolute atomic E-state index is 2.58. The Balaban J connectivity index is 4.21. The molecule has 0 aromatic heterocycles. The fourth-order valence-corrected chi connectivity index (χ4v) is 8.98. The topological polar surface area (TPSA) is 6.48 Å². The summed E-state index contributed by atoms with van der Waals surface area (Å²) in [6, 6.07) is 0. The molecule has 12 heavy (non-hydrogen) atoms. The minimum absolute atomic E-state index is 0.878. The van der Waals surface area contributed by atoms with Gasteiger partial charge in [0, 0.05) is 0 Å². The van der Waals surface area contributed by atoms with Crippen LogP contribution in [-0.2, 0) is 0 Å². The van der Waals surface area contributed by atoms with Crippen LogP contribution in [0.4, 0.5) is 0 Å². The molecule has 0 aromatic rings. The van der Waals surface area contributed by atoms with Gasteiger partial charge in [0.05, 0.1) is 0 Å². The molecule has 0 heterocycles. The predicted molar refractivity (Wildman–Crippen MR) is 57.5 cm³/mol. The monoisotopic (exact) mass is 280 g/mol. The summed E-state index contributed by atoms with van der Waals surface area (Å²) in [6.07, 6.45) is 0. The van der Waals surface area contributed by atoms with Crippen molar-refractivity contribution in [2.24, 2.45) is 0 Å².